The number of carbonyl (C=O) groups excluding carboxylic acids is 1. The van der Waals surface area contributed by atoms with Crippen LogP contribution in [0.25, 0.3) is 0 Å². The van der Waals surface area contributed by atoms with E-state index in [1.165, 1.54) is 0 Å². The van der Waals surface area contributed by atoms with Crippen molar-refractivity contribution in [1.82, 2.24) is 0 Å². The fourth-order valence-corrected chi connectivity index (χ4v) is 3.36. The van der Waals surface area contributed by atoms with E-state index in [1.54, 1.807) is 7.11 Å². The number of rotatable bonds is 4. The summed E-state index contributed by atoms with van der Waals surface area (Å²) in [6.07, 6.45) is 1.97. The van der Waals surface area contributed by atoms with Crippen LogP contribution in [0.3, 0.4) is 0 Å². The third kappa shape index (κ3) is 3.41. The van der Waals surface area contributed by atoms with Crippen LogP contribution in [0.5, 0.6) is 0 Å². The van der Waals surface area contributed by atoms with Crippen molar-refractivity contribution in [1.29, 1.82) is 0 Å². The third-order valence-corrected chi connectivity index (χ3v) is 4.74. The second kappa shape index (κ2) is 7.15. The van der Waals surface area contributed by atoms with Crippen molar-refractivity contribution in [2.75, 3.05) is 24.3 Å². The van der Waals surface area contributed by atoms with Gasteiger partial charge in [-0.15, -0.1) is 0 Å². The molecule has 0 saturated heterocycles. The van der Waals surface area contributed by atoms with Crippen molar-refractivity contribution in [3.05, 3.63) is 57.6 Å². The minimum absolute atomic E-state index is 0.0824. The van der Waals surface area contributed by atoms with Gasteiger partial charge in [-0.05, 0) is 42.7 Å². The number of methoxy groups -OCH3 is 1. The maximum absolute atomic E-state index is 12.8. The standard InChI is InChI=1S/C18H19BrN2O2/c1-23-11-14-15(19)7-3-9-17(14)21-18(22)13-5-2-8-16-12(13)6-4-10-20-16/h2-3,5,7-9,20H,4,6,10-11H2,1H3,(H,21,22). The van der Waals surface area contributed by atoms with Gasteiger partial charge in [-0.25, -0.2) is 0 Å². The number of fused-ring (bicyclic) bond motifs is 1. The van der Waals surface area contributed by atoms with E-state index in [0.717, 1.165) is 51.9 Å². The number of carbonyl (C=O) groups is 1. The first-order chi connectivity index (χ1) is 11.2. The Hall–Kier alpha value is -1.85. The molecule has 0 bridgehead atoms. The molecule has 5 heteroatoms. The van der Waals surface area contributed by atoms with E-state index < -0.39 is 0 Å². The maximum Gasteiger partial charge on any atom is 0.256 e. The number of ether oxygens (including phenoxy) is 1. The molecule has 2 N–H and O–H groups in total. The van der Waals surface area contributed by atoms with E-state index in [0.29, 0.717) is 6.61 Å². The zero-order valence-corrected chi connectivity index (χ0v) is 14.6. The largest absolute Gasteiger partial charge is 0.385 e. The first-order valence-electron chi connectivity index (χ1n) is 7.64. The molecule has 4 nitrogen and oxygen atoms in total. The Morgan fingerprint density at radius 2 is 2.13 bits per heavy atom. The molecule has 2 aromatic carbocycles. The van der Waals surface area contributed by atoms with Crippen LogP contribution in [0.1, 0.15) is 27.9 Å². The van der Waals surface area contributed by atoms with Crippen LogP contribution in [0.2, 0.25) is 0 Å². The summed E-state index contributed by atoms with van der Waals surface area (Å²) in [5, 5.41) is 6.38. The van der Waals surface area contributed by atoms with E-state index in [-0.39, 0.29) is 5.91 Å². The Labute approximate surface area is 144 Å². The lowest BCUT2D eigenvalue weighted by Crippen LogP contribution is -2.20. The molecule has 0 saturated carbocycles. The highest BCUT2D eigenvalue weighted by Crippen LogP contribution is 2.28. The number of anilines is 2. The Kier molecular flexibility index (Phi) is 4.98. The molecule has 2 aromatic rings. The molecular formula is C18H19BrN2O2. The van der Waals surface area contributed by atoms with Gasteiger partial charge in [0.15, 0.2) is 0 Å². The van der Waals surface area contributed by atoms with Crippen LogP contribution in [0.15, 0.2) is 40.9 Å². The molecule has 0 fully saturated rings. The normalized spacial score (nSPS) is 13.1. The minimum Gasteiger partial charge on any atom is -0.385 e. The fourth-order valence-electron chi connectivity index (χ4n) is 2.88. The second-order valence-corrected chi connectivity index (χ2v) is 6.37. The summed E-state index contributed by atoms with van der Waals surface area (Å²) in [7, 11) is 1.64. The maximum atomic E-state index is 12.8. The van der Waals surface area contributed by atoms with Gasteiger partial charge in [0.05, 0.1) is 6.61 Å². The molecule has 0 radical (unpaired) electrons. The van der Waals surface area contributed by atoms with E-state index in [1.807, 2.05) is 36.4 Å². The van der Waals surface area contributed by atoms with Gasteiger partial charge in [-0.2, -0.15) is 0 Å². The summed E-state index contributed by atoms with van der Waals surface area (Å²) in [6.45, 7) is 1.40. The Morgan fingerprint density at radius 1 is 1.30 bits per heavy atom. The van der Waals surface area contributed by atoms with Crippen LogP contribution in [0.4, 0.5) is 11.4 Å². The third-order valence-electron chi connectivity index (χ3n) is 4.00. The van der Waals surface area contributed by atoms with Crippen LogP contribution in [-0.2, 0) is 17.8 Å². The first-order valence-corrected chi connectivity index (χ1v) is 8.43. The van der Waals surface area contributed by atoms with Gasteiger partial charge in [-0.1, -0.05) is 28.1 Å². The van der Waals surface area contributed by atoms with Gasteiger partial charge in [-0.3, -0.25) is 4.79 Å². The van der Waals surface area contributed by atoms with Crippen LogP contribution in [-0.4, -0.2) is 19.6 Å². The van der Waals surface area contributed by atoms with E-state index >= 15 is 0 Å². The average molecular weight is 375 g/mol. The predicted molar refractivity (Wildman–Crippen MR) is 96.1 cm³/mol. The molecule has 120 valence electrons. The van der Waals surface area contributed by atoms with Crippen LogP contribution < -0.4 is 10.6 Å². The van der Waals surface area contributed by atoms with Gasteiger partial charge in [0.25, 0.3) is 5.91 Å². The summed E-state index contributed by atoms with van der Waals surface area (Å²) in [5.74, 6) is -0.0824. The molecule has 1 heterocycles. The SMILES string of the molecule is COCc1c(Br)cccc1NC(=O)c1cccc2c1CCCN2. The predicted octanol–water partition coefficient (Wildman–Crippen LogP) is 4.21. The van der Waals surface area contributed by atoms with Crippen molar-refractivity contribution in [3.8, 4) is 0 Å². The molecule has 1 aliphatic rings. The molecule has 1 aliphatic heterocycles. The van der Waals surface area contributed by atoms with Crippen molar-refractivity contribution >= 4 is 33.2 Å². The van der Waals surface area contributed by atoms with Crippen LogP contribution in [0, 0.1) is 0 Å². The van der Waals surface area contributed by atoms with Crippen molar-refractivity contribution in [2.24, 2.45) is 0 Å². The molecule has 0 aromatic heterocycles. The van der Waals surface area contributed by atoms with Crippen molar-refractivity contribution in [3.63, 3.8) is 0 Å². The topological polar surface area (TPSA) is 50.4 Å². The molecular weight excluding hydrogens is 356 g/mol. The van der Waals surface area contributed by atoms with Gasteiger partial charge in [0.2, 0.25) is 0 Å². The highest BCUT2D eigenvalue weighted by molar-refractivity contribution is 9.10. The van der Waals surface area contributed by atoms with Gasteiger partial charge in [0.1, 0.15) is 0 Å². The van der Waals surface area contributed by atoms with Gasteiger partial charge in [0, 0.05) is 40.6 Å². The monoisotopic (exact) mass is 374 g/mol. The lowest BCUT2D eigenvalue weighted by molar-refractivity contribution is 0.102. The Bertz CT molecular complexity index is 731. The number of halogens is 1. The summed E-state index contributed by atoms with van der Waals surface area (Å²) in [5.41, 5.74) is 4.60. The Balaban J connectivity index is 1.90. The van der Waals surface area contributed by atoms with E-state index in [9.17, 15) is 4.79 Å². The van der Waals surface area contributed by atoms with Gasteiger partial charge < -0.3 is 15.4 Å². The lowest BCUT2D eigenvalue weighted by atomic mass is 9.97. The number of hydrogen-bond donors (Lipinski definition) is 2. The highest BCUT2D eigenvalue weighted by atomic mass is 79.9. The molecule has 0 spiro atoms. The number of benzene rings is 2. The number of amides is 1. The summed E-state index contributed by atoms with van der Waals surface area (Å²) in [4.78, 5) is 12.8. The minimum atomic E-state index is -0.0824. The molecule has 0 atom stereocenters. The molecule has 1 amide bonds. The summed E-state index contributed by atoms with van der Waals surface area (Å²) >= 11 is 3.51. The zero-order chi connectivity index (χ0) is 16.2. The number of nitrogens with one attached hydrogen (secondary N) is 2. The summed E-state index contributed by atoms with van der Waals surface area (Å²) in [6, 6.07) is 11.6. The second-order valence-electron chi connectivity index (χ2n) is 5.52. The van der Waals surface area contributed by atoms with Gasteiger partial charge >= 0.3 is 0 Å². The highest BCUT2D eigenvalue weighted by Gasteiger charge is 2.18. The smallest absolute Gasteiger partial charge is 0.256 e. The van der Waals surface area contributed by atoms with Crippen LogP contribution >= 0.6 is 15.9 Å². The molecule has 0 unspecified atom stereocenters. The molecule has 23 heavy (non-hydrogen) atoms. The van der Waals surface area contributed by atoms with Crippen molar-refractivity contribution < 1.29 is 9.53 Å². The summed E-state index contributed by atoms with van der Waals surface area (Å²) < 4.78 is 6.16. The zero-order valence-electron chi connectivity index (χ0n) is 13.0. The Morgan fingerprint density at radius 3 is 2.96 bits per heavy atom. The lowest BCUT2D eigenvalue weighted by Gasteiger charge is -2.21. The quantitative estimate of drug-likeness (QED) is 0.842. The van der Waals surface area contributed by atoms with E-state index in [2.05, 4.69) is 26.6 Å². The molecule has 3 rings (SSSR count). The first kappa shape index (κ1) is 16.0. The van der Waals surface area contributed by atoms with E-state index in [4.69, 9.17) is 4.74 Å². The number of hydrogen-bond acceptors (Lipinski definition) is 3. The fraction of sp³-hybridized carbons (Fsp3) is 0.278. The molecule has 0 aliphatic carbocycles. The van der Waals surface area contributed by atoms with Crippen molar-refractivity contribution in [2.45, 2.75) is 19.4 Å². The average Bonchev–Trinajstić information content (AvgIpc) is 2.57.